The monoisotopic (exact) mass is 682 g/mol. The summed E-state index contributed by atoms with van der Waals surface area (Å²) in [5, 5.41) is 22.5. The third-order valence-electron chi connectivity index (χ3n) is 8.72. The van der Waals surface area contributed by atoms with Crippen LogP contribution in [0.4, 0.5) is 16.2 Å². The van der Waals surface area contributed by atoms with E-state index in [1.165, 1.54) is 60.7 Å². The Morgan fingerprint density at radius 2 is 1.73 bits per heavy atom. The molecule has 0 radical (unpaired) electrons. The molecule has 14 heteroatoms. The number of carbonyl (C=O) groups excluding carboxylic acids is 1. The highest BCUT2D eigenvalue weighted by molar-refractivity contribution is 7.93. The Hall–Kier alpha value is -5.65. The number of rotatable bonds is 10. The first-order chi connectivity index (χ1) is 23.6. The van der Waals surface area contributed by atoms with Crippen LogP contribution < -0.4 is 24.0 Å². The Morgan fingerprint density at radius 1 is 1.02 bits per heavy atom. The molecule has 3 heterocycles. The molecule has 0 saturated carbocycles. The van der Waals surface area contributed by atoms with Crippen LogP contribution in [-0.4, -0.2) is 75.3 Å². The molecule has 2 aliphatic heterocycles. The van der Waals surface area contributed by atoms with Gasteiger partial charge in [-0.05, 0) is 79.2 Å². The molecule has 1 unspecified atom stereocenters. The highest BCUT2D eigenvalue weighted by atomic mass is 32.2. The molecule has 2 amide bonds. The van der Waals surface area contributed by atoms with Gasteiger partial charge in [-0.3, -0.25) is 10.1 Å². The summed E-state index contributed by atoms with van der Waals surface area (Å²) in [4.78, 5) is 34.1. The van der Waals surface area contributed by atoms with E-state index in [2.05, 4.69) is 21.3 Å². The molecule has 6 rings (SSSR count). The summed E-state index contributed by atoms with van der Waals surface area (Å²) in [6.07, 6.45) is 0.589. The highest BCUT2D eigenvalue weighted by Gasteiger charge is 2.57. The fourth-order valence-electron chi connectivity index (χ4n) is 6.22. The van der Waals surface area contributed by atoms with Crippen molar-refractivity contribution in [2.45, 2.75) is 23.9 Å². The largest absolute Gasteiger partial charge is 0.497 e. The third-order valence-corrected chi connectivity index (χ3v) is 10.4. The molecule has 4 aromatic rings. The number of methoxy groups -OCH3 is 1. The zero-order valence-corrected chi connectivity index (χ0v) is 27.7. The van der Waals surface area contributed by atoms with Gasteiger partial charge in [0.1, 0.15) is 5.75 Å². The summed E-state index contributed by atoms with van der Waals surface area (Å²) >= 11 is 0. The van der Waals surface area contributed by atoms with Crippen LogP contribution in [0.5, 0.6) is 11.6 Å². The molecule has 3 aromatic carbocycles. The average molecular weight is 683 g/mol. The van der Waals surface area contributed by atoms with E-state index < -0.39 is 27.6 Å². The number of amides is 2. The van der Waals surface area contributed by atoms with Crippen molar-refractivity contribution in [2.24, 2.45) is 0 Å². The number of benzene rings is 3. The van der Waals surface area contributed by atoms with Gasteiger partial charge in [-0.25, -0.2) is 22.5 Å². The van der Waals surface area contributed by atoms with Crippen molar-refractivity contribution in [3.8, 4) is 17.7 Å². The lowest BCUT2D eigenvalue weighted by Crippen LogP contribution is -2.52. The van der Waals surface area contributed by atoms with Crippen LogP contribution >= 0.6 is 0 Å². The van der Waals surface area contributed by atoms with E-state index in [0.717, 1.165) is 15.6 Å². The van der Waals surface area contributed by atoms with E-state index in [-0.39, 0.29) is 40.7 Å². The number of carboxylic acid groups (broad SMARTS) is 1. The number of aromatic nitrogens is 1. The topological polar surface area (TPSA) is 165 Å². The molecule has 252 valence electrons. The van der Waals surface area contributed by atoms with Crippen molar-refractivity contribution in [3.63, 3.8) is 0 Å². The summed E-state index contributed by atoms with van der Waals surface area (Å²) in [6.45, 7) is 4.03. The average Bonchev–Trinajstić information content (AvgIpc) is 3.38. The maximum Gasteiger partial charge on any atom is 0.407 e. The van der Waals surface area contributed by atoms with Crippen molar-refractivity contribution in [1.82, 2.24) is 15.2 Å². The highest BCUT2D eigenvalue weighted by Crippen LogP contribution is 2.49. The van der Waals surface area contributed by atoms with Crippen LogP contribution in [0.1, 0.15) is 29.2 Å². The number of sulfonamides is 1. The first kappa shape index (κ1) is 33.3. The Labute approximate surface area is 284 Å². The van der Waals surface area contributed by atoms with E-state index in [1.54, 1.807) is 19.1 Å². The number of nitrogens with zero attached hydrogens (tertiary/aromatic N) is 5. The normalized spacial score (nSPS) is 17.4. The number of nitrogens with one attached hydrogen (secondary N) is 1. The molecule has 13 nitrogen and oxygen atoms in total. The Kier molecular flexibility index (Phi) is 9.14. The second-order valence-corrected chi connectivity index (χ2v) is 13.2. The number of hydrogen-bond acceptors (Lipinski definition) is 10. The molecule has 2 aliphatic rings. The van der Waals surface area contributed by atoms with Crippen molar-refractivity contribution in [2.75, 3.05) is 49.1 Å². The number of pyridine rings is 1. The van der Waals surface area contributed by atoms with Crippen LogP contribution in [-0.2, 0) is 26.9 Å². The van der Waals surface area contributed by atoms with Gasteiger partial charge in [0.2, 0.25) is 5.88 Å². The molecule has 0 spiro atoms. The van der Waals surface area contributed by atoms with E-state index in [0.29, 0.717) is 37.5 Å². The summed E-state index contributed by atoms with van der Waals surface area (Å²) in [5.74, 6) is -0.221. The minimum Gasteiger partial charge on any atom is -0.497 e. The van der Waals surface area contributed by atoms with Crippen LogP contribution in [0, 0.1) is 11.3 Å². The maximum absolute atomic E-state index is 15.0. The molecule has 0 aliphatic carbocycles. The number of nitriles is 1. The molecule has 1 fully saturated rings. The second kappa shape index (κ2) is 13.5. The summed E-state index contributed by atoms with van der Waals surface area (Å²) in [5.41, 5.74) is 0.759. The molecule has 1 aromatic heterocycles. The molecule has 0 bridgehead atoms. The van der Waals surface area contributed by atoms with Crippen molar-refractivity contribution in [3.05, 3.63) is 107 Å². The SMILES string of the molecule is CCOc1ncccc1C1(NCc2ccc(N3CCN(C(=O)O)CC3)cc2)C(=O)N(S(=O)(=O)c2ccc(OC)cc2)c2ccc(C#N)cc21. The quantitative estimate of drug-likeness (QED) is 0.249. The molecule has 49 heavy (non-hydrogen) atoms. The summed E-state index contributed by atoms with van der Waals surface area (Å²) in [7, 11) is -2.99. The fourth-order valence-corrected chi connectivity index (χ4v) is 7.69. The number of carbonyl (C=O) groups is 2. The van der Waals surface area contributed by atoms with Crippen LogP contribution in [0.2, 0.25) is 0 Å². The van der Waals surface area contributed by atoms with Crippen LogP contribution in [0.15, 0.2) is 90.0 Å². The van der Waals surface area contributed by atoms with Gasteiger partial charge in [0.05, 0.1) is 35.9 Å². The minimum absolute atomic E-state index is 0.0921. The Balaban J connectivity index is 1.43. The second-order valence-electron chi connectivity index (χ2n) is 11.4. The van der Waals surface area contributed by atoms with E-state index in [1.807, 2.05) is 24.3 Å². The fraction of sp³-hybridized carbons (Fsp3) is 0.257. The first-order valence-corrected chi connectivity index (χ1v) is 17.0. The van der Waals surface area contributed by atoms with Gasteiger partial charge in [0.15, 0.2) is 5.54 Å². The van der Waals surface area contributed by atoms with E-state index in [4.69, 9.17) is 9.47 Å². The lowest BCUT2D eigenvalue weighted by Gasteiger charge is -2.34. The van der Waals surface area contributed by atoms with Gasteiger partial charge in [0, 0.05) is 55.7 Å². The van der Waals surface area contributed by atoms with Gasteiger partial charge in [-0.1, -0.05) is 12.1 Å². The molecular formula is C35H34N6O7S. The number of fused-ring (bicyclic) bond motifs is 1. The number of anilines is 2. The van der Waals surface area contributed by atoms with Gasteiger partial charge < -0.3 is 24.4 Å². The first-order valence-electron chi connectivity index (χ1n) is 15.6. The lowest BCUT2D eigenvalue weighted by molar-refractivity contribution is -0.121. The maximum atomic E-state index is 15.0. The number of hydrogen-bond donors (Lipinski definition) is 2. The van der Waals surface area contributed by atoms with E-state index in [9.17, 15) is 28.4 Å². The molecule has 2 N–H and O–H groups in total. The van der Waals surface area contributed by atoms with Crippen molar-refractivity contribution >= 4 is 33.4 Å². The van der Waals surface area contributed by atoms with E-state index >= 15 is 0 Å². The van der Waals surface area contributed by atoms with Crippen molar-refractivity contribution in [1.29, 1.82) is 5.26 Å². The minimum atomic E-state index is -4.46. The summed E-state index contributed by atoms with van der Waals surface area (Å²) < 4.78 is 40.5. The zero-order valence-electron chi connectivity index (χ0n) is 26.9. The van der Waals surface area contributed by atoms with Crippen LogP contribution in [0.3, 0.4) is 0 Å². The molecular weight excluding hydrogens is 648 g/mol. The molecule has 1 atom stereocenters. The number of ether oxygens (including phenoxy) is 2. The third kappa shape index (κ3) is 5.98. The van der Waals surface area contributed by atoms with Gasteiger partial charge >= 0.3 is 6.09 Å². The van der Waals surface area contributed by atoms with Crippen LogP contribution in [0.25, 0.3) is 0 Å². The van der Waals surface area contributed by atoms with Crippen molar-refractivity contribution < 1.29 is 32.6 Å². The predicted molar refractivity (Wildman–Crippen MR) is 180 cm³/mol. The van der Waals surface area contributed by atoms with Gasteiger partial charge in [-0.15, -0.1) is 0 Å². The Morgan fingerprint density at radius 3 is 2.37 bits per heavy atom. The van der Waals surface area contributed by atoms with Gasteiger partial charge in [0.25, 0.3) is 15.9 Å². The lowest BCUT2D eigenvalue weighted by atomic mass is 9.83. The predicted octanol–water partition coefficient (Wildman–Crippen LogP) is 3.93. The smallest absolute Gasteiger partial charge is 0.407 e. The molecule has 1 saturated heterocycles. The Bertz CT molecular complexity index is 2020. The zero-order chi connectivity index (χ0) is 34.8. The van der Waals surface area contributed by atoms with Gasteiger partial charge in [-0.2, -0.15) is 5.26 Å². The summed E-state index contributed by atoms with van der Waals surface area (Å²) in [6, 6.07) is 23.3. The standard InChI is InChI=1S/C35H34N6O7S/c1-3-48-32-29(5-4-16-37-32)35(38-23-24-6-9-26(10-7-24)39-17-19-40(20-18-39)34(43)44)30-21-25(22-36)8-15-31(30)41(33(35)42)49(45,46)28-13-11-27(47-2)12-14-28/h4-16,21,38H,3,17-20,23H2,1-2H3,(H,43,44). The number of piperazine rings is 1.